The Labute approximate surface area is 106 Å². The van der Waals surface area contributed by atoms with Crippen molar-refractivity contribution >= 4 is 27.3 Å². The van der Waals surface area contributed by atoms with E-state index in [-0.39, 0.29) is 5.82 Å². The summed E-state index contributed by atoms with van der Waals surface area (Å²) in [5.74, 6) is -0.378. The monoisotopic (exact) mass is 300 g/mol. The maximum atomic E-state index is 13.5. The van der Waals surface area contributed by atoms with Gasteiger partial charge in [-0.05, 0) is 40.5 Å². The third-order valence-electron chi connectivity index (χ3n) is 2.42. The number of aliphatic hydroxyl groups is 1. The van der Waals surface area contributed by atoms with Crippen molar-refractivity contribution in [2.24, 2.45) is 0 Å². The van der Waals surface area contributed by atoms with E-state index in [4.69, 9.17) is 0 Å². The lowest BCUT2D eigenvalue weighted by molar-refractivity contribution is 0.215. The number of thiophene rings is 1. The van der Waals surface area contributed by atoms with Crippen LogP contribution in [-0.2, 0) is 0 Å². The van der Waals surface area contributed by atoms with Crippen LogP contribution in [0.1, 0.15) is 22.1 Å². The Bertz CT molecular complexity index is 509. The Morgan fingerprint density at radius 1 is 1.31 bits per heavy atom. The minimum Gasteiger partial charge on any atom is -0.384 e. The first-order valence-electron chi connectivity index (χ1n) is 4.78. The summed E-state index contributed by atoms with van der Waals surface area (Å²) in [7, 11) is 0. The zero-order valence-corrected chi connectivity index (χ0v) is 11.0. The van der Waals surface area contributed by atoms with Gasteiger partial charge in [-0.3, -0.25) is 0 Å². The average Bonchev–Trinajstić information content (AvgIpc) is 2.58. The minimum absolute atomic E-state index is 0.316. The highest BCUT2D eigenvalue weighted by molar-refractivity contribution is 9.11. The molecule has 1 heterocycles. The molecule has 84 valence electrons. The molecular weight excluding hydrogens is 291 g/mol. The molecule has 0 bridgehead atoms. The fourth-order valence-electron chi connectivity index (χ4n) is 1.59. The van der Waals surface area contributed by atoms with Gasteiger partial charge in [0.15, 0.2) is 0 Å². The van der Waals surface area contributed by atoms with Crippen molar-refractivity contribution in [2.75, 3.05) is 0 Å². The fraction of sp³-hybridized carbons (Fsp3) is 0.167. The van der Waals surface area contributed by atoms with Crippen molar-refractivity contribution < 1.29 is 9.50 Å². The molecule has 0 aliphatic carbocycles. The quantitative estimate of drug-likeness (QED) is 0.887. The largest absolute Gasteiger partial charge is 0.384 e. The summed E-state index contributed by atoms with van der Waals surface area (Å²) in [5.41, 5.74) is 1.07. The van der Waals surface area contributed by atoms with Crippen molar-refractivity contribution in [3.8, 4) is 0 Å². The zero-order valence-electron chi connectivity index (χ0n) is 8.58. The molecule has 0 saturated carbocycles. The molecule has 0 aliphatic heterocycles. The molecule has 0 fully saturated rings. The van der Waals surface area contributed by atoms with E-state index in [1.165, 1.54) is 17.4 Å². The van der Waals surface area contributed by atoms with E-state index in [0.717, 1.165) is 14.2 Å². The lowest BCUT2D eigenvalue weighted by Crippen LogP contribution is -2.02. The average molecular weight is 301 g/mol. The molecule has 1 aromatic heterocycles. The van der Waals surface area contributed by atoms with Crippen molar-refractivity contribution in [1.82, 2.24) is 0 Å². The van der Waals surface area contributed by atoms with Gasteiger partial charge in [0, 0.05) is 10.4 Å². The summed E-state index contributed by atoms with van der Waals surface area (Å²) < 4.78 is 14.4. The molecule has 0 radical (unpaired) electrons. The predicted octanol–water partition coefficient (Wildman–Crippen LogP) is 4.04. The molecule has 0 amide bonds. The topological polar surface area (TPSA) is 20.2 Å². The van der Waals surface area contributed by atoms with Crippen LogP contribution in [0.3, 0.4) is 0 Å². The number of benzene rings is 1. The second-order valence-electron chi connectivity index (χ2n) is 3.49. The number of hydrogen-bond donors (Lipinski definition) is 1. The zero-order chi connectivity index (χ0) is 11.7. The van der Waals surface area contributed by atoms with Crippen molar-refractivity contribution in [3.63, 3.8) is 0 Å². The Morgan fingerprint density at radius 2 is 2.00 bits per heavy atom. The van der Waals surface area contributed by atoms with E-state index >= 15 is 0 Å². The van der Waals surface area contributed by atoms with Gasteiger partial charge < -0.3 is 5.11 Å². The first-order valence-corrected chi connectivity index (χ1v) is 6.39. The molecule has 2 aromatic rings. The van der Waals surface area contributed by atoms with Gasteiger partial charge in [-0.1, -0.05) is 18.2 Å². The molecule has 0 saturated heterocycles. The second-order valence-corrected chi connectivity index (χ2v) is 6.12. The standard InChI is InChI=1S/C12H10BrFOS/c1-7-9(6-11(13)16-7)12(15)8-4-2-3-5-10(8)14/h2-6,12,15H,1H3. The van der Waals surface area contributed by atoms with Crippen molar-refractivity contribution in [1.29, 1.82) is 0 Å². The van der Waals surface area contributed by atoms with Crippen LogP contribution in [0.15, 0.2) is 34.1 Å². The molecule has 1 unspecified atom stereocenters. The first-order chi connectivity index (χ1) is 7.59. The van der Waals surface area contributed by atoms with Gasteiger partial charge in [0.25, 0.3) is 0 Å². The lowest BCUT2D eigenvalue weighted by atomic mass is 10.0. The summed E-state index contributed by atoms with van der Waals surface area (Å²) in [6.45, 7) is 1.91. The Morgan fingerprint density at radius 3 is 2.56 bits per heavy atom. The molecule has 16 heavy (non-hydrogen) atoms. The fourth-order valence-corrected chi connectivity index (χ4v) is 3.34. The normalized spacial score (nSPS) is 12.8. The number of rotatable bonds is 2. The lowest BCUT2D eigenvalue weighted by Gasteiger charge is -2.11. The van der Waals surface area contributed by atoms with E-state index in [2.05, 4.69) is 15.9 Å². The molecular formula is C12H10BrFOS. The van der Waals surface area contributed by atoms with Crippen LogP contribution in [-0.4, -0.2) is 5.11 Å². The molecule has 2 rings (SSSR count). The van der Waals surface area contributed by atoms with Gasteiger partial charge in [-0.15, -0.1) is 11.3 Å². The molecule has 1 aromatic carbocycles. The molecule has 4 heteroatoms. The second kappa shape index (κ2) is 4.65. The van der Waals surface area contributed by atoms with Gasteiger partial charge in [0.05, 0.1) is 3.79 Å². The summed E-state index contributed by atoms with van der Waals surface area (Å²) in [6.07, 6.45) is -0.899. The van der Waals surface area contributed by atoms with Gasteiger partial charge in [-0.2, -0.15) is 0 Å². The predicted molar refractivity (Wildman–Crippen MR) is 67.2 cm³/mol. The van der Waals surface area contributed by atoms with Crippen LogP contribution in [0.4, 0.5) is 4.39 Å². The molecule has 0 spiro atoms. The van der Waals surface area contributed by atoms with Gasteiger partial charge in [0.2, 0.25) is 0 Å². The Kier molecular flexibility index (Phi) is 3.42. The Balaban J connectivity index is 2.43. The van der Waals surface area contributed by atoms with Crippen LogP contribution in [0.25, 0.3) is 0 Å². The maximum absolute atomic E-state index is 13.5. The SMILES string of the molecule is Cc1sc(Br)cc1C(O)c1ccccc1F. The van der Waals surface area contributed by atoms with Crippen molar-refractivity contribution in [3.05, 3.63) is 55.9 Å². The van der Waals surface area contributed by atoms with Gasteiger partial charge in [0.1, 0.15) is 11.9 Å². The number of hydrogen-bond acceptors (Lipinski definition) is 2. The highest BCUT2D eigenvalue weighted by Crippen LogP contribution is 2.34. The summed E-state index contributed by atoms with van der Waals surface area (Å²) in [4.78, 5) is 0.989. The number of halogens is 2. The Hall–Kier alpha value is -0.710. The highest BCUT2D eigenvalue weighted by Gasteiger charge is 2.18. The molecule has 1 atom stereocenters. The summed E-state index contributed by atoms with van der Waals surface area (Å²) in [5, 5.41) is 10.1. The minimum atomic E-state index is -0.899. The number of aryl methyl sites for hydroxylation is 1. The smallest absolute Gasteiger partial charge is 0.129 e. The van der Waals surface area contributed by atoms with Crippen LogP contribution in [0, 0.1) is 12.7 Å². The van der Waals surface area contributed by atoms with Gasteiger partial charge >= 0.3 is 0 Å². The van der Waals surface area contributed by atoms with Crippen LogP contribution >= 0.6 is 27.3 Å². The van der Waals surface area contributed by atoms with Crippen LogP contribution in [0.2, 0.25) is 0 Å². The van der Waals surface area contributed by atoms with Gasteiger partial charge in [-0.25, -0.2) is 4.39 Å². The van der Waals surface area contributed by atoms with Crippen LogP contribution in [0.5, 0.6) is 0 Å². The third-order valence-corrected chi connectivity index (χ3v) is 3.99. The first kappa shape index (κ1) is 11.8. The van der Waals surface area contributed by atoms with E-state index in [1.54, 1.807) is 18.2 Å². The molecule has 1 N–H and O–H groups in total. The molecule has 0 aliphatic rings. The van der Waals surface area contributed by atoms with E-state index in [9.17, 15) is 9.50 Å². The van der Waals surface area contributed by atoms with Crippen molar-refractivity contribution in [2.45, 2.75) is 13.0 Å². The van der Waals surface area contributed by atoms with E-state index < -0.39 is 6.10 Å². The molecule has 1 nitrogen and oxygen atoms in total. The highest BCUT2D eigenvalue weighted by atomic mass is 79.9. The summed E-state index contributed by atoms with van der Waals surface area (Å²) >= 11 is 4.89. The summed E-state index contributed by atoms with van der Waals surface area (Å²) in [6, 6.07) is 8.12. The van der Waals surface area contributed by atoms with Crippen LogP contribution < -0.4 is 0 Å². The third kappa shape index (κ3) is 2.19. The van der Waals surface area contributed by atoms with E-state index in [1.807, 2.05) is 13.0 Å². The number of aliphatic hydroxyl groups excluding tert-OH is 1. The maximum Gasteiger partial charge on any atom is 0.129 e. The van der Waals surface area contributed by atoms with E-state index in [0.29, 0.717) is 5.56 Å².